The Morgan fingerprint density at radius 1 is 1.16 bits per heavy atom. The van der Waals surface area contributed by atoms with Gasteiger partial charge in [-0.05, 0) is 13.0 Å². The van der Waals surface area contributed by atoms with Crippen molar-refractivity contribution in [3.05, 3.63) is 63.0 Å². The Hall–Kier alpha value is -2.08. The van der Waals surface area contributed by atoms with Crippen LogP contribution in [0, 0.1) is 0 Å². The first-order valence-electron chi connectivity index (χ1n) is 7.21. The molecule has 3 aromatic rings. The molecule has 25 heavy (non-hydrogen) atoms. The Morgan fingerprint density at radius 3 is 2.64 bits per heavy atom. The number of nitrogens with one attached hydrogen (secondary N) is 1. The first-order chi connectivity index (χ1) is 11.9. The number of ketones is 1. The second-order valence-electron chi connectivity index (χ2n) is 5.24. The highest BCUT2D eigenvalue weighted by Crippen LogP contribution is 2.31. The maximum atomic E-state index is 12.6. The number of aromatic nitrogens is 2. The van der Waals surface area contributed by atoms with Crippen molar-refractivity contribution in [2.75, 3.05) is 0 Å². The van der Waals surface area contributed by atoms with Crippen molar-refractivity contribution in [2.45, 2.75) is 13.0 Å². The van der Waals surface area contributed by atoms with Crippen LogP contribution in [0.25, 0.3) is 10.9 Å². The molecule has 1 N–H and O–H groups in total. The van der Waals surface area contributed by atoms with Gasteiger partial charge in [0.05, 0.1) is 15.1 Å². The lowest BCUT2D eigenvalue weighted by Crippen LogP contribution is -2.25. The van der Waals surface area contributed by atoms with Crippen LogP contribution in [0.4, 0.5) is 0 Å². The molecule has 8 heteroatoms. The van der Waals surface area contributed by atoms with E-state index in [0.29, 0.717) is 5.56 Å². The molecule has 0 saturated heterocycles. The number of hydrogen-bond acceptors (Lipinski definition) is 4. The number of halogens is 3. The standard InChI is InChI=1S/C17H11Cl3N2O3/c1-8(16(23)10-6-21-12-5-3-2-4-9(10)12)25-17(24)15-14(20)13(19)11(18)7-22-15/h2-8,21H,1H3/t8-/m1/s1. The van der Waals surface area contributed by atoms with E-state index in [0.717, 1.165) is 10.9 Å². The summed E-state index contributed by atoms with van der Waals surface area (Å²) in [5.41, 5.74) is 1.05. The van der Waals surface area contributed by atoms with Crippen molar-refractivity contribution in [2.24, 2.45) is 0 Å². The van der Waals surface area contributed by atoms with Gasteiger partial charge in [-0.1, -0.05) is 53.0 Å². The third kappa shape index (κ3) is 3.35. The van der Waals surface area contributed by atoms with E-state index in [4.69, 9.17) is 39.5 Å². The van der Waals surface area contributed by atoms with E-state index in [1.165, 1.54) is 13.1 Å². The molecule has 1 atom stereocenters. The Labute approximate surface area is 157 Å². The summed E-state index contributed by atoms with van der Waals surface area (Å²) in [4.78, 5) is 31.7. The number of nitrogens with zero attached hydrogens (tertiary/aromatic N) is 1. The quantitative estimate of drug-likeness (QED) is 0.499. The molecule has 0 spiro atoms. The second kappa shape index (κ2) is 7.04. The molecule has 0 radical (unpaired) electrons. The molecule has 2 aromatic heterocycles. The number of rotatable bonds is 4. The lowest BCUT2D eigenvalue weighted by molar-refractivity contribution is 0.0314. The van der Waals surface area contributed by atoms with E-state index in [1.54, 1.807) is 6.20 Å². The number of hydrogen-bond donors (Lipinski definition) is 1. The minimum absolute atomic E-state index is 0.000825. The van der Waals surface area contributed by atoms with Gasteiger partial charge in [0, 0.05) is 28.9 Å². The third-order valence-corrected chi connectivity index (χ3v) is 4.86. The summed E-state index contributed by atoms with van der Waals surface area (Å²) in [7, 11) is 0. The molecule has 0 bridgehead atoms. The molecule has 0 aliphatic heterocycles. The van der Waals surface area contributed by atoms with E-state index in [2.05, 4.69) is 9.97 Å². The predicted octanol–water partition coefficient (Wildman–Crippen LogP) is 4.95. The monoisotopic (exact) mass is 396 g/mol. The highest BCUT2D eigenvalue weighted by atomic mass is 35.5. The maximum Gasteiger partial charge on any atom is 0.359 e. The zero-order chi connectivity index (χ0) is 18.1. The van der Waals surface area contributed by atoms with Gasteiger partial charge in [0.2, 0.25) is 5.78 Å². The number of esters is 1. The molecule has 128 valence electrons. The smallest absolute Gasteiger partial charge is 0.359 e. The number of carbonyl (C=O) groups is 2. The Morgan fingerprint density at radius 2 is 1.88 bits per heavy atom. The van der Waals surface area contributed by atoms with E-state index >= 15 is 0 Å². The van der Waals surface area contributed by atoms with E-state index in [9.17, 15) is 9.59 Å². The average Bonchev–Trinajstić information content (AvgIpc) is 3.03. The summed E-state index contributed by atoms with van der Waals surface area (Å²) in [5.74, 6) is -1.20. The van der Waals surface area contributed by atoms with Crippen molar-refractivity contribution in [1.82, 2.24) is 9.97 Å². The molecule has 0 unspecified atom stereocenters. The SMILES string of the molecule is C[C@@H](OC(=O)c1ncc(Cl)c(Cl)c1Cl)C(=O)c1c[nH]c2ccccc12. The number of aromatic amines is 1. The molecule has 2 heterocycles. The van der Waals surface area contributed by atoms with Crippen molar-refractivity contribution in [3.8, 4) is 0 Å². The summed E-state index contributed by atoms with van der Waals surface area (Å²) in [6.45, 7) is 1.48. The van der Waals surface area contributed by atoms with Crippen LogP contribution >= 0.6 is 34.8 Å². The van der Waals surface area contributed by atoms with Gasteiger partial charge >= 0.3 is 5.97 Å². The lowest BCUT2D eigenvalue weighted by Gasteiger charge is -2.12. The molecular formula is C17H11Cl3N2O3. The highest BCUT2D eigenvalue weighted by molar-refractivity contribution is 6.48. The van der Waals surface area contributed by atoms with Crippen LogP contribution in [0.1, 0.15) is 27.8 Å². The maximum absolute atomic E-state index is 12.6. The highest BCUT2D eigenvalue weighted by Gasteiger charge is 2.25. The zero-order valence-corrected chi connectivity index (χ0v) is 15.1. The van der Waals surface area contributed by atoms with Crippen LogP contribution in [-0.4, -0.2) is 27.8 Å². The van der Waals surface area contributed by atoms with Crippen LogP contribution in [0.5, 0.6) is 0 Å². The number of ether oxygens (including phenoxy) is 1. The number of carbonyl (C=O) groups excluding carboxylic acids is 2. The molecule has 1 aromatic carbocycles. The minimum Gasteiger partial charge on any atom is -0.449 e. The Bertz CT molecular complexity index is 984. The van der Waals surface area contributed by atoms with Gasteiger partial charge in [0.25, 0.3) is 0 Å². The largest absolute Gasteiger partial charge is 0.449 e. The van der Waals surface area contributed by atoms with Gasteiger partial charge in [-0.15, -0.1) is 0 Å². The molecule has 0 fully saturated rings. The molecular weight excluding hydrogens is 387 g/mol. The molecule has 0 aliphatic rings. The summed E-state index contributed by atoms with van der Waals surface area (Å²) in [6, 6.07) is 7.34. The fraction of sp³-hybridized carbons (Fsp3) is 0.118. The van der Waals surface area contributed by atoms with Crippen molar-refractivity contribution in [1.29, 1.82) is 0 Å². The summed E-state index contributed by atoms with van der Waals surface area (Å²) >= 11 is 17.6. The van der Waals surface area contributed by atoms with Gasteiger partial charge < -0.3 is 9.72 Å². The van der Waals surface area contributed by atoms with Crippen molar-refractivity contribution >= 4 is 57.5 Å². The number of para-hydroxylation sites is 1. The Balaban J connectivity index is 1.82. The van der Waals surface area contributed by atoms with Crippen molar-refractivity contribution < 1.29 is 14.3 Å². The number of Topliss-reactive ketones (excluding diaryl/α,β-unsaturated/α-hetero) is 1. The average molecular weight is 398 g/mol. The summed E-state index contributed by atoms with van der Waals surface area (Å²) < 4.78 is 5.20. The fourth-order valence-corrected chi connectivity index (χ4v) is 2.91. The van der Waals surface area contributed by atoms with Crippen molar-refractivity contribution in [3.63, 3.8) is 0 Å². The summed E-state index contributed by atoms with van der Waals surface area (Å²) in [5, 5.41) is 0.749. The van der Waals surface area contributed by atoms with Gasteiger partial charge in [-0.2, -0.15) is 0 Å². The first-order valence-corrected chi connectivity index (χ1v) is 8.34. The Kier molecular flexibility index (Phi) is 4.99. The topological polar surface area (TPSA) is 72.0 Å². The molecule has 0 aliphatic carbocycles. The normalized spacial score (nSPS) is 12.2. The van der Waals surface area contributed by atoms with Gasteiger partial charge in [0.15, 0.2) is 11.8 Å². The zero-order valence-electron chi connectivity index (χ0n) is 12.8. The summed E-state index contributed by atoms with van der Waals surface area (Å²) in [6.07, 6.45) is 1.75. The van der Waals surface area contributed by atoms with Crippen LogP contribution < -0.4 is 0 Å². The lowest BCUT2D eigenvalue weighted by atomic mass is 10.1. The van der Waals surface area contributed by atoms with Gasteiger partial charge in [0.1, 0.15) is 0 Å². The van der Waals surface area contributed by atoms with Gasteiger partial charge in [-0.3, -0.25) is 4.79 Å². The third-order valence-electron chi connectivity index (χ3n) is 3.62. The number of pyridine rings is 1. The fourth-order valence-electron chi connectivity index (χ4n) is 2.35. The van der Waals surface area contributed by atoms with Crippen LogP contribution in [0.2, 0.25) is 15.1 Å². The molecule has 5 nitrogen and oxygen atoms in total. The van der Waals surface area contributed by atoms with E-state index in [1.807, 2.05) is 24.3 Å². The first kappa shape index (κ1) is 17.7. The molecule has 0 saturated carbocycles. The van der Waals surface area contributed by atoms with Gasteiger partial charge in [-0.25, -0.2) is 9.78 Å². The number of fused-ring (bicyclic) bond motifs is 1. The number of benzene rings is 1. The van der Waals surface area contributed by atoms with E-state index < -0.39 is 12.1 Å². The minimum atomic E-state index is -1.03. The predicted molar refractivity (Wildman–Crippen MR) is 96.8 cm³/mol. The van der Waals surface area contributed by atoms with Crippen LogP contribution in [0.3, 0.4) is 0 Å². The second-order valence-corrected chi connectivity index (χ2v) is 6.41. The molecule has 0 amide bonds. The molecule has 3 rings (SSSR count). The van der Waals surface area contributed by atoms with Crippen LogP contribution in [0.15, 0.2) is 36.7 Å². The van der Waals surface area contributed by atoms with Crippen LogP contribution in [-0.2, 0) is 4.74 Å². The number of H-pyrrole nitrogens is 1. The van der Waals surface area contributed by atoms with E-state index in [-0.39, 0.29) is 26.5 Å².